The summed E-state index contributed by atoms with van der Waals surface area (Å²) in [7, 11) is 0. The minimum absolute atomic E-state index is 0.0427. The van der Waals surface area contributed by atoms with Crippen molar-refractivity contribution in [3.05, 3.63) is 64.7 Å². The molecule has 1 unspecified atom stereocenters. The van der Waals surface area contributed by atoms with Crippen LogP contribution in [0.25, 0.3) is 0 Å². The average molecular weight is 520 g/mol. The number of piperidine rings is 1. The summed E-state index contributed by atoms with van der Waals surface area (Å²) in [5.41, 5.74) is 1.90. The van der Waals surface area contributed by atoms with Crippen LogP contribution >= 0.6 is 0 Å². The van der Waals surface area contributed by atoms with Crippen molar-refractivity contribution < 1.29 is 33.5 Å². The molecule has 3 aliphatic heterocycles. The van der Waals surface area contributed by atoms with E-state index in [1.54, 1.807) is 35.2 Å². The van der Waals surface area contributed by atoms with Gasteiger partial charge in [0.25, 0.3) is 17.7 Å². The summed E-state index contributed by atoms with van der Waals surface area (Å²) in [5, 5.41) is 7.54. The first-order chi connectivity index (χ1) is 18.3. The highest BCUT2D eigenvalue weighted by molar-refractivity contribution is 6.23. The number of hydrogen-bond donors (Lipinski definition) is 3. The van der Waals surface area contributed by atoms with Gasteiger partial charge < -0.3 is 20.3 Å². The molecule has 2 saturated heterocycles. The van der Waals surface area contributed by atoms with Crippen LogP contribution in [0.2, 0.25) is 0 Å². The van der Waals surface area contributed by atoms with E-state index in [-0.39, 0.29) is 36.4 Å². The predicted molar refractivity (Wildman–Crippen MR) is 132 cm³/mol. The van der Waals surface area contributed by atoms with Crippen LogP contribution in [0, 0.1) is 0 Å². The Labute approximate surface area is 217 Å². The molecule has 2 aromatic carbocycles. The molecule has 3 aliphatic rings. The second kappa shape index (κ2) is 10.4. The Morgan fingerprint density at radius 1 is 0.947 bits per heavy atom. The monoisotopic (exact) mass is 519 g/mol. The number of hydrogen-bond acceptors (Lipinski definition) is 7. The first kappa shape index (κ1) is 25.1. The summed E-state index contributed by atoms with van der Waals surface area (Å²) in [4.78, 5) is 76.9. The second-order valence-electron chi connectivity index (χ2n) is 9.12. The van der Waals surface area contributed by atoms with Gasteiger partial charge in [0, 0.05) is 37.3 Å². The Hall–Kier alpha value is -4.58. The first-order valence-electron chi connectivity index (χ1n) is 12.2. The lowest BCUT2D eigenvalue weighted by molar-refractivity contribution is -0.136. The van der Waals surface area contributed by atoms with E-state index in [0.717, 1.165) is 4.90 Å². The molecule has 5 rings (SSSR count). The third-order valence-corrected chi connectivity index (χ3v) is 6.65. The molecule has 2 fully saturated rings. The van der Waals surface area contributed by atoms with Crippen molar-refractivity contribution in [1.82, 2.24) is 20.4 Å². The van der Waals surface area contributed by atoms with Gasteiger partial charge in [-0.2, -0.15) is 0 Å². The smallest absolute Gasteiger partial charge is 0.319 e. The lowest BCUT2D eigenvalue weighted by Crippen LogP contribution is -2.54. The quantitative estimate of drug-likeness (QED) is 0.496. The summed E-state index contributed by atoms with van der Waals surface area (Å²) in [5.74, 6) is -2.41. The second-order valence-corrected chi connectivity index (χ2v) is 9.12. The Balaban J connectivity index is 1.17. The maximum absolute atomic E-state index is 12.9. The number of amides is 7. The number of anilines is 1. The molecule has 0 radical (unpaired) electrons. The maximum atomic E-state index is 12.9. The largest absolute Gasteiger partial charge is 0.378 e. The van der Waals surface area contributed by atoms with Crippen LogP contribution in [0.5, 0.6) is 0 Å². The van der Waals surface area contributed by atoms with Gasteiger partial charge in [-0.3, -0.25) is 34.2 Å². The van der Waals surface area contributed by atoms with Gasteiger partial charge in [-0.15, -0.1) is 0 Å². The van der Waals surface area contributed by atoms with E-state index in [9.17, 15) is 28.8 Å². The average Bonchev–Trinajstić information content (AvgIpc) is 3.17. The van der Waals surface area contributed by atoms with Crippen LogP contribution < -0.4 is 16.0 Å². The highest BCUT2D eigenvalue weighted by Gasteiger charge is 2.44. The molecule has 0 spiro atoms. The number of nitrogens with one attached hydrogen (secondary N) is 3. The Bertz CT molecular complexity index is 1330. The van der Waals surface area contributed by atoms with Gasteiger partial charge in [0.2, 0.25) is 11.8 Å². The van der Waals surface area contributed by atoms with E-state index in [1.807, 2.05) is 0 Å². The van der Waals surface area contributed by atoms with Crippen molar-refractivity contribution in [1.29, 1.82) is 0 Å². The van der Waals surface area contributed by atoms with Gasteiger partial charge in [0.1, 0.15) is 6.04 Å². The molecule has 12 heteroatoms. The highest BCUT2D eigenvalue weighted by atomic mass is 16.5. The molecule has 0 aromatic heterocycles. The van der Waals surface area contributed by atoms with Crippen molar-refractivity contribution in [3.63, 3.8) is 0 Å². The number of fused-ring (bicyclic) bond motifs is 1. The minimum atomic E-state index is -1.04. The molecular formula is C26H25N5O7. The molecule has 1 atom stereocenters. The molecule has 0 saturated carbocycles. The zero-order chi connectivity index (χ0) is 26.8. The fourth-order valence-electron chi connectivity index (χ4n) is 4.63. The molecule has 0 aliphatic carbocycles. The number of carbonyl (C=O) groups excluding carboxylic acids is 6. The van der Waals surface area contributed by atoms with E-state index in [2.05, 4.69) is 16.0 Å². The van der Waals surface area contributed by atoms with Crippen LogP contribution in [0.4, 0.5) is 10.5 Å². The third kappa shape index (κ3) is 4.98. The lowest BCUT2D eigenvalue weighted by atomic mass is 10.0. The van der Waals surface area contributed by atoms with Crippen LogP contribution in [-0.4, -0.2) is 77.7 Å². The van der Waals surface area contributed by atoms with E-state index in [1.165, 1.54) is 12.1 Å². The number of ether oxygens (including phenoxy) is 1. The number of morpholine rings is 1. The van der Waals surface area contributed by atoms with E-state index in [0.29, 0.717) is 43.1 Å². The fourth-order valence-corrected chi connectivity index (χ4v) is 4.63. The van der Waals surface area contributed by atoms with Crippen LogP contribution in [0.15, 0.2) is 42.5 Å². The van der Waals surface area contributed by atoms with Crippen molar-refractivity contribution in [2.24, 2.45) is 0 Å². The zero-order valence-electron chi connectivity index (χ0n) is 20.3. The summed E-state index contributed by atoms with van der Waals surface area (Å²) < 4.78 is 5.27. The zero-order valence-corrected chi connectivity index (χ0v) is 20.3. The van der Waals surface area contributed by atoms with Gasteiger partial charge in [0.15, 0.2) is 0 Å². The van der Waals surface area contributed by atoms with Gasteiger partial charge in [0.05, 0.1) is 24.3 Å². The van der Waals surface area contributed by atoms with Gasteiger partial charge in [-0.25, -0.2) is 4.79 Å². The normalized spacial score (nSPS) is 19.2. The SMILES string of the molecule is O=C1CCC(N2C(=O)c3ccc(CNC(=O)Nc4ccc(C(=O)N5CCOCC5)cc4)cc3C2=O)C(=O)N1. The van der Waals surface area contributed by atoms with Crippen molar-refractivity contribution in [2.45, 2.75) is 25.4 Å². The molecule has 2 aromatic rings. The predicted octanol–water partition coefficient (Wildman–Crippen LogP) is 0.882. The number of nitrogens with zero attached hydrogens (tertiary/aromatic N) is 2. The fraction of sp³-hybridized carbons (Fsp3) is 0.308. The molecule has 12 nitrogen and oxygen atoms in total. The Morgan fingerprint density at radius 3 is 2.37 bits per heavy atom. The van der Waals surface area contributed by atoms with Gasteiger partial charge >= 0.3 is 6.03 Å². The Morgan fingerprint density at radius 2 is 1.66 bits per heavy atom. The van der Waals surface area contributed by atoms with E-state index >= 15 is 0 Å². The third-order valence-electron chi connectivity index (χ3n) is 6.65. The maximum Gasteiger partial charge on any atom is 0.319 e. The van der Waals surface area contributed by atoms with Crippen LogP contribution in [0.1, 0.15) is 49.5 Å². The summed E-state index contributed by atoms with van der Waals surface area (Å²) in [6, 6.07) is 9.63. The Kier molecular flexibility index (Phi) is 6.88. The summed E-state index contributed by atoms with van der Waals surface area (Å²) >= 11 is 0. The lowest BCUT2D eigenvalue weighted by Gasteiger charge is -2.27. The standard InChI is InChI=1S/C26H25N5O7/c32-21-8-7-20(22(33)29-21)31-24(35)18-6-1-15(13-19(18)25(31)36)14-27-26(37)28-17-4-2-16(3-5-17)23(34)30-9-11-38-12-10-30/h1-6,13,20H,7-12,14H2,(H2,27,28,37)(H,29,32,33). The molecule has 7 amide bonds. The molecule has 38 heavy (non-hydrogen) atoms. The topological polar surface area (TPSA) is 154 Å². The minimum Gasteiger partial charge on any atom is -0.378 e. The van der Waals surface area contributed by atoms with Crippen LogP contribution in [0.3, 0.4) is 0 Å². The molecule has 0 bridgehead atoms. The number of urea groups is 1. The van der Waals surface area contributed by atoms with Gasteiger partial charge in [-0.05, 0) is 48.4 Å². The number of benzene rings is 2. The van der Waals surface area contributed by atoms with Crippen molar-refractivity contribution in [3.8, 4) is 0 Å². The molecular weight excluding hydrogens is 494 g/mol. The van der Waals surface area contributed by atoms with E-state index < -0.39 is 35.7 Å². The van der Waals surface area contributed by atoms with Crippen molar-refractivity contribution >= 4 is 41.3 Å². The van der Waals surface area contributed by atoms with Crippen molar-refractivity contribution in [2.75, 3.05) is 31.6 Å². The first-order valence-corrected chi connectivity index (χ1v) is 12.2. The van der Waals surface area contributed by atoms with E-state index in [4.69, 9.17) is 4.74 Å². The highest BCUT2D eigenvalue weighted by Crippen LogP contribution is 2.28. The van der Waals surface area contributed by atoms with Gasteiger partial charge in [-0.1, -0.05) is 6.07 Å². The number of rotatable bonds is 5. The molecule has 3 heterocycles. The number of carbonyl (C=O) groups is 6. The number of imide groups is 2. The molecule has 196 valence electrons. The summed E-state index contributed by atoms with van der Waals surface area (Å²) in [6.45, 7) is 2.18. The van der Waals surface area contributed by atoms with Crippen LogP contribution in [-0.2, 0) is 20.9 Å². The summed E-state index contributed by atoms with van der Waals surface area (Å²) in [6.07, 6.45) is 0.119. The molecule has 3 N–H and O–H groups in total.